The maximum Gasteiger partial charge on any atom is 0.248 e. The monoisotopic (exact) mass is 321 g/mol. The maximum absolute atomic E-state index is 11.3. The van der Waals surface area contributed by atoms with Crippen molar-refractivity contribution in [1.82, 2.24) is 14.8 Å². The lowest BCUT2D eigenvalue weighted by Gasteiger charge is -2.32. The number of aromatic nitrogens is 3. The number of nitrogens with zero attached hydrogens (tertiary/aromatic N) is 4. The Morgan fingerprint density at radius 3 is 3.09 bits per heavy atom. The summed E-state index contributed by atoms with van der Waals surface area (Å²) in [6.07, 6.45) is 0.179. The minimum atomic E-state index is -0.587. The van der Waals surface area contributed by atoms with Crippen LogP contribution in [0.4, 0.5) is 5.95 Å². The van der Waals surface area contributed by atoms with E-state index >= 15 is 0 Å². The first-order chi connectivity index (χ1) is 10.7. The number of morpholine rings is 1. The second-order valence-corrected chi connectivity index (χ2v) is 6.16. The van der Waals surface area contributed by atoms with E-state index in [1.807, 2.05) is 11.0 Å². The van der Waals surface area contributed by atoms with Crippen molar-refractivity contribution in [2.45, 2.75) is 26.0 Å². The van der Waals surface area contributed by atoms with E-state index in [0.717, 1.165) is 24.7 Å². The molecule has 1 aliphatic rings. The molecule has 7 nitrogen and oxygen atoms in total. The summed E-state index contributed by atoms with van der Waals surface area (Å²) in [6.45, 7) is 4.41. The summed E-state index contributed by atoms with van der Waals surface area (Å²) < 4.78 is 7.47. The summed E-state index contributed by atoms with van der Waals surface area (Å²) >= 11 is 1.71. The number of nitrogens with two attached hydrogens (primary N) is 1. The zero-order valence-electron chi connectivity index (χ0n) is 12.4. The summed E-state index contributed by atoms with van der Waals surface area (Å²) in [4.78, 5) is 14.6. The number of rotatable bonds is 5. The Bertz CT molecular complexity index is 640. The van der Waals surface area contributed by atoms with Gasteiger partial charge in [0.1, 0.15) is 5.82 Å². The first kappa shape index (κ1) is 15.0. The van der Waals surface area contributed by atoms with Crippen LogP contribution in [0.1, 0.15) is 17.6 Å². The third-order valence-corrected chi connectivity index (χ3v) is 4.58. The summed E-state index contributed by atoms with van der Waals surface area (Å²) in [5.41, 5.74) is 5.34. The van der Waals surface area contributed by atoms with Gasteiger partial charge in [0.05, 0.1) is 13.2 Å². The highest BCUT2D eigenvalue weighted by atomic mass is 32.1. The third kappa shape index (κ3) is 2.97. The van der Waals surface area contributed by atoms with E-state index in [-0.39, 0.29) is 0 Å². The van der Waals surface area contributed by atoms with Gasteiger partial charge in [0, 0.05) is 24.4 Å². The smallest absolute Gasteiger partial charge is 0.248 e. The molecule has 0 aromatic carbocycles. The van der Waals surface area contributed by atoms with Gasteiger partial charge in [-0.15, -0.1) is 21.5 Å². The maximum atomic E-state index is 11.3. The molecule has 2 aromatic rings. The number of hydrogen-bond acceptors (Lipinski definition) is 6. The predicted octanol–water partition coefficient (Wildman–Crippen LogP) is 0.641. The molecular formula is C14H19N5O2S. The number of hydrogen-bond donors (Lipinski definition) is 1. The summed E-state index contributed by atoms with van der Waals surface area (Å²) in [6, 6.07) is 4.13. The first-order valence-electron chi connectivity index (χ1n) is 7.29. The molecule has 118 valence electrons. The molecule has 0 bridgehead atoms. The minimum Gasteiger partial charge on any atom is -0.367 e. The van der Waals surface area contributed by atoms with Crippen LogP contribution in [-0.2, 0) is 22.5 Å². The molecule has 1 saturated heterocycles. The van der Waals surface area contributed by atoms with E-state index in [2.05, 4.69) is 33.1 Å². The SMILES string of the molecule is CCn1c(Cc2cccs2)nnc1N1CCOC(C(N)=O)C1. The topological polar surface area (TPSA) is 86.3 Å². The fraction of sp³-hybridized carbons (Fsp3) is 0.500. The van der Waals surface area contributed by atoms with Crippen LogP contribution in [-0.4, -0.2) is 46.5 Å². The molecule has 3 rings (SSSR count). The van der Waals surface area contributed by atoms with Gasteiger partial charge in [-0.25, -0.2) is 0 Å². The van der Waals surface area contributed by atoms with Crippen molar-refractivity contribution in [1.29, 1.82) is 0 Å². The van der Waals surface area contributed by atoms with E-state index in [4.69, 9.17) is 10.5 Å². The molecule has 0 saturated carbocycles. The van der Waals surface area contributed by atoms with E-state index in [1.165, 1.54) is 4.88 Å². The highest BCUT2D eigenvalue weighted by molar-refractivity contribution is 7.09. The van der Waals surface area contributed by atoms with Crippen LogP contribution in [0.15, 0.2) is 17.5 Å². The molecule has 1 aliphatic heterocycles. The lowest BCUT2D eigenvalue weighted by molar-refractivity contribution is -0.130. The molecule has 0 radical (unpaired) electrons. The van der Waals surface area contributed by atoms with Crippen LogP contribution < -0.4 is 10.6 Å². The summed E-state index contributed by atoms with van der Waals surface area (Å²) in [5.74, 6) is 1.27. The van der Waals surface area contributed by atoms with Gasteiger partial charge in [-0.1, -0.05) is 6.07 Å². The molecule has 1 atom stereocenters. The predicted molar refractivity (Wildman–Crippen MR) is 84.0 cm³/mol. The van der Waals surface area contributed by atoms with Gasteiger partial charge in [-0.05, 0) is 18.4 Å². The summed E-state index contributed by atoms with van der Waals surface area (Å²) in [5, 5.41) is 10.7. The lowest BCUT2D eigenvalue weighted by atomic mass is 10.2. The van der Waals surface area contributed by atoms with Gasteiger partial charge in [-0.2, -0.15) is 0 Å². The molecule has 1 fully saturated rings. The van der Waals surface area contributed by atoms with E-state index in [1.54, 1.807) is 11.3 Å². The molecule has 0 aliphatic carbocycles. The fourth-order valence-corrected chi connectivity index (χ4v) is 3.29. The van der Waals surface area contributed by atoms with Crippen LogP contribution in [0, 0.1) is 0 Å². The molecule has 1 unspecified atom stereocenters. The van der Waals surface area contributed by atoms with Gasteiger partial charge < -0.3 is 15.4 Å². The van der Waals surface area contributed by atoms with Crippen molar-refractivity contribution in [3.8, 4) is 0 Å². The number of carbonyl (C=O) groups excluding carboxylic acids is 1. The van der Waals surface area contributed by atoms with Crippen LogP contribution >= 0.6 is 11.3 Å². The van der Waals surface area contributed by atoms with Crippen molar-refractivity contribution >= 4 is 23.2 Å². The third-order valence-electron chi connectivity index (χ3n) is 3.70. The van der Waals surface area contributed by atoms with Crippen LogP contribution in [0.25, 0.3) is 0 Å². The number of primary amides is 1. The van der Waals surface area contributed by atoms with Crippen molar-refractivity contribution in [3.63, 3.8) is 0 Å². The zero-order valence-corrected chi connectivity index (χ0v) is 13.3. The molecule has 2 N–H and O–H groups in total. The molecular weight excluding hydrogens is 302 g/mol. The van der Waals surface area contributed by atoms with Crippen LogP contribution in [0.3, 0.4) is 0 Å². The summed E-state index contributed by atoms with van der Waals surface area (Å²) in [7, 11) is 0. The average Bonchev–Trinajstić information content (AvgIpc) is 3.17. The number of carbonyl (C=O) groups is 1. The normalized spacial score (nSPS) is 18.6. The fourth-order valence-electron chi connectivity index (χ4n) is 2.59. The Morgan fingerprint density at radius 2 is 2.41 bits per heavy atom. The lowest BCUT2D eigenvalue weighted by Crippen LogP contribution is -2.49. The average molecular weight is 321 g/mol. The van der Waals surface area contributed by atoms with Crippen molar-refractivity contribution in [2.75, 3.05) is 24.6 Å². The number of thiophene rings is 1. The van der Waals surface area contributed by atoms with Gasteiger partial charge in [0.15, 0.2) is 6.10 Å². The van der Waals surface area contributed by atoms with Gasteiger partial charge in [0.25, 0.3) is 0 Å². The molecule has 2 aromatic heterocycles. The molecule has 3 heterocycles. The Hall–Kier alpha value is -1.93. The van der Waals surface area contributed by atoms with E-state index in [9.17, 15) is 4.79 Å². The van der Waals surface area contributed by atoms with Crippen molar-refractivity contribution in [2.24, 2.45) is 5.73 Å². The highest BCUT2D eigenvalue weighted by Crippen LogP contribution is 2.20. The van der Waals surface area contributed by atoms with E-state index in [0.29, 0.717) is 19.7 Å². The van der Waals surface area contributed by atoms with E-state index < -0.39 is 12.0 Å². The Kier molecular flexibility index (Phi) is 4.39. The van der Waals surface area contributed by atoms with Gasteiger partial charge in [0.2, 0.25) is 11.9 Å². The quantitative estimate of drug-likeness (QED) is 0.873. The van der Waals surface area contributed by atoms with Gasteiger partial charge >= 0.3 is 0 Å². The second-order valence-electron chi connectivity index (χ2n) is 5.12. The second kappa shape index (κ2) is 6.45. The first-order valence-corrected chi connectivity index (χ1v) is 8.17. The van der Waals surface area contributed by atoms with Crippen molar-refractivity contribution < 1.29 is 9.53 Å². The molecule has 1 amide bonds. The zero-order chi connectivity index (χ0) is 15.5. The molecule has 8 heteroatoms. The Morgan fingerprint density at radius 1 is 1.55 bits per heavy atom. The Balaban J connectivity index is 1.81. The largest absolute Gasteiger partial charge is 0.367 e. The standard InChI is InChI=1S/C14H19N5O2S/c1-2-19-12(8-10-4-3-7-22-10)16-17-14(19)18-5-6-21-11(9-18)13(15)20/h3-4,7,11H,2,5-6,8-9H2,1H3,(H2,15,20). The number of anilines is 1. The Labute approximate surface area is 132 Å². The number of amides is 1. The van der Waals surface area contributed by atoms with Crippen LogP contribution in [0.2, 0.25) is 0 Å². The van der Waals surface area contributed by atoms with Gasteiger partial charge in [-0.3, -0.25) is 9.36 Å². The van der Waals surface area contributed by atoms with Crippen molar-refractivity contribution in [3.05, 3.63) is 28.2 Å². The van der Waals surface area contributed by atoms with Crippen LogP contribution in [0.5, 0.6) is 0 Å². The molecule has 0 spiro atoms. The number of ether oxygens (including phenoxy) is 1. The highest BCUT2D eigenvalue weighted by Gasteiger charge is 2.28. The minimum absolute atomic E-state index is 0.423. The molecule has 22 heavy (non-hydrogen) atoms.